The van der Waals surface area contributed by atoms with Crippen molar-refractivity contribution in [2.24, 2.45) is 0 Å². The molecule has 1 aliphatic heterocycles. The molecule has 3 rings (SSSR count). The summed E-state index contributed by atoms with van der Waals surface area (Å²) >= 11 is 5.96. The van der Waals surface area contributed by atoms with Gasteiger partial charge in [0, 0.05) is 40.8 Å². The number of fused-ring (bicyclic) bond motifs is 1. The van der Waals surface area contributed by atoms with Gasteiger partial charge in [-0.2, -0.15) is 0 Å². The Labute approximate surface area is 121 Å². The van der Waals surface area contributed by atoms with Crippen molar-refractivity contribution in [2.45, 2.75) is 12.5 Å². The highest BCUT2D eigenvalue weighted by Crippen LogP contribution is 2.36. The van der Waals surface area contributed by atoms with Gasteiger partial charge in [0.05, 0.1) is 6.10 Å². The number of carbonyl (C=O) groups is 1. The molecular weight excluding hydrogens is 276 g/mol. The normalized spacial score (nSPS) is 17.7. The zero-order valence-electron chi connectivity index (χ0n) is 10.7. The minimum absolute atomic E-state index is 0.0946. The van der Waals surface area contributed by atoms with Crippen LogP contribution in [0.4, 0.5) is 5.69 Å². The number of aliphatic hydroxyl groups excluding tert-OH is 1. The van der Waals surface area contributed by atoms with E-state index in [0.717, 1.165) is 5.69 Å². The number of carbonyl (C=O) groups excluding carboxylic acids is 1. The van der Waals surface area contributed by atoms with Crippen molar-refractivity contribution in [1.29, 1.82) is 0 Å². The summed E-state index contributed by atoms with van der Waals surface area (Å²) in [5, 5.41) is 10.6. The highest BCUT2D eigenvalue weighted by molar-refractivity contribution is 6.30. The first kappa shape index (κ1) is 13.1. The van der Waals surface area contributed by atoms with Crippen molar-refractivity contribution in [1.82, 2.24) is 4.98 Å². The zero-order valence-corrected chi connectivity index (χ0v) is 11.4. The third-order valence-electron chi connectivity index (χ3n) is 3.44. The maximum Gasteiger partial charge on any atom is 0.258 e. The van der Waals surface area contributed by atoms with E-state index in [0.29, 0.717) is 29.1 Å². The van der Waals surface area contributed by atoms with Crippen molar-refractivity contribution in [3.63, 3.8) is 0 Å². The predicted molar refractivity (Wildman–Crippen MR) is 76.9 cm³/mol. The van der Waals surface area contributed by atoms with Crippen molar-refractivity contribution >= 4 is 23.2 Å². The lowest BCUT2D eigenvalue weighted by molar-refractivity contribution is 0.0970. The molecule has 0 fully saturated rings. The van der Waals surface area contributed by atoms with Crippen LogP contribution in [0.3, 0.4) is 0 Å². The Morgan fingerprint density at radius 3 is 2.80 bits per heavy atom. The molecule has 1 aliphatic rings. The van der Waals surface area contributed by atoms with E-state index in [1.54, 1.807) is 47.6 Å². The number of halogens is 1. The van der Waals surface area contributed by atoms with Crippen LogP contribution in [0.15, 0.2) is 42.7 Å². The fraction of sp³-hybridized carbons (Fsp3) is 0.200. The van der Waals surface area contributed by atoms with Crippen LogP contribution in [-0.2, 0) is 0 Å². The lowest BCUT2D eigenvalue weighted by Gasteiger charge is -2.32. The molecule has 0 aliphatic carbocycles. The Bertz CT molecular complexity index is 646. The molecule has 1 unspecified atom stereocenters. The number of benzene rings is 1. The number of amides is 1. The molecule has 0 saturated heterocycles. The van der Waals surface area contributed by atoms with E-state index < -0.39 is 6.10 Å². The molecule has 0 spiro atoms. The SMILES string of the molecule is O=C(c1ccncc1)N1CCC(O)c2cc(Cl)ccc21. The van der Waals surface area contributed by atoms with E-state index in [4.69, 9.17) is 11.6 Å². The van der Waals surface area contributed by atoms with Crippen molar-refractivity contribution in [3.8, 4) is 0 Å². The fourth-order valence-corrected chi connectivity index (χ4v) is 2.61. The summed E-state index contributed by atoms with van der Waals surface area (Å²) in [4.78, 5) is 18.1. The van der Waals surface area contributed by atoms with Gasteiger partial charge in [-0.1, -0.05) is 11.6 Å². The quantitative estimate of drug-likeness (QED) is 0.878. The van der Waals surface area contributed by atoms with Gasteiger partial charge in [0.15, 0.2) is 0 Å². The van der Waals surface area contributed by atoms with Crippen LogP contribution in [-0.4, -0.2) is 22.5 Å². The number of aromatic nitrogens is 1. The number of aliphatic hydroxyl groups is 1. The number of anilines is 1. The van der Waals surface area contributed by atoms with Gasteiger partial charge in [0.2, 0.25) is 0 Å². The summed E-state index contributed by atoms with van der Waals surface area (Å²) < 4.78 is 0. The second-order valence-corrected chi connectivity index (χ2v) is 5.14. The lowest BCUT2D eigenvalue weighted by Crippen LogP contribution is -2.36. The van der Waals surface area contributed by atoms with Crippen LogP contribution in [0.2, 0.25) is 5.02 Å². The summed E-state index contributed by atoms with van der Waals surface area (Å²) in [6, 6.07) is 8.59. The van der Waals surface area contributed by atoms with Gasteiger partial charge in [0.25, 0.3) is 5.91 Å². The van der Waals surface area contributed by atoms with Crippen LogP contribution in [0.5, 0.6) is 0 Å². The van der Waals surface area contributed by atoms with Gasteiger partial charge in [-0.3, -0.25) is 9.78 Å². The molecule has 102 valence electrons. The molecule has 20 heavy (non-hydrogen) atoms. The third kappa shape index (κ3) is 2.28. The van der Waals surface area contributed by atoms with Gasteiger partial charge in [-0.25, -0.2) is 0 Å². The van der Waals surface area contributed by atoms with Crippen LogP contribution in [0, 0.1) is 0 Å². The molecule has 0 saturated carbocycles. The molecule has 1 amide bonds. The van der Waals surface area contributed by atoms with Crippen molar-refractivity contribution < 1.29 is 9.90 Å². The van der Waals surface area contributed by atoms with E-state index >= 15 is 0 Å². The molecule has 5 heteroatoms. The first-order valence-corrected chi connectivity index (χ1v) is 6.74. The summed E-state index contributed by atoms with van der Waals surface area (Å²) in [6.45, 7) is 0.483. The predicted octanol–water partition coefficient (Wildman–Crippen LogP) is 2.82. The summed E-state index contributed by atoms with van der Waals surface area (Å²) in [6.07, 6.45) is 3.11. The van der Waals surface area contributed by atoms with E-state index in [1.807, 2.05) is 0 Å². The molecule has 2 aromatic rings. The molecule has 1 N–H and O–H groups in total. The van der Waals surface area contributed by atoms with Gasteiger partial charge in [-0.05, 0) is 36.8 Å². The average molecular weight is 289 g/mol. The number of pyridine rings is 1. The van der Waals surface area contributed by atoms with Crippen molar-refractivity contribution in [3.05, 3.63) is 58.9 Å². The van der Waals surface area contributed by atoms with Gasteiger partial charge >= 0.3 is 0 Å². The van der Waals surface area contributed by atoms with Gasteiger partial charge in [0.1, 0.15) is 0 Å². The Balaban J connectivity index is 2.01. The smallest absolute Gasteiger partial charge is 0.258 e. The Hall–Kier alpha value is -1.91. The molecule has 1 aromatic heterocycles. The molecule has 2 heterocycles. The highest BCUT2D eigenvalue weighted by atomic mass is 35.5. The van der Waals surface area contributed by atoms with Gasteiger partial charge in [-0.15, -0.1) is 0 Å². The summed E-state index contributed by atoms with van der Waals surface area (Å²) in [5.41, 5.74) is 2.00. The average Bonchev–Trinajstić information content (AvgIpc) is 2.48. The Morgan fingerprint density at radius 2 is 2.05 bits per heavy atom. The van der Waals surface area contributed by atoms with E-state index in [-0.39, 0.29) is 5.91 Å². The molecule has 1 atom stereocenters. The topological polar surface area (TPSA) is 53.4 Å². The number of rotatable bonds is 1. The Morgan fingerprint density at radius 1 is 1.30 bits per heavy atom. The van der Waals surface area contributed by atoms with Crippen molar-refractivity contribution in [2.75, 3.05) is 11.4 Å². The third-order valence-corrected chi connectivity index (χ3v) is 3.67. The van der Waals surface area contributed by atoms with Crippen LogP contribution < -0.4 is 4.90 Å². The number of nitrogens with zero attached hydrogens (tertiary/aromatic N) is 2. The Kier molecular flexibility index (Phi) is 3.42. The second-order valence-electron chi connectivity index (χ2n) is 4.70. The first-order chi connectivity index (χ1) is 9.66. The standard InChI is InChI=1S/C15H13ClN2O2/c16-11-1-2-13-12(9-11)14(19)5-8-18(13)15(20)10-3-6-17-7-4-10/h1-4,6-7,9,14,19H,5,8H2. The monoisotopic (exact) mass is 288 g/mol. The van der Waals surface area contributed by atoms with Crippen LogP contribution in [0.1, 0.15) is 28.4 Å². The molecule has 0 bridgehead atoms. The van der Waals surface area contributed by atoms with Crippen LogP contribution in [0.25, 0.3) is 0 Å². The lowest BCUT2D eigenvalue weighted by atomic mass is 9.98. The molecule has 4 nitrogen and oxygen atoms in total. The zero-order chi connectivity index (χ0) is 14.1. The van der Waals surface area contributed by atoms with Crippen LogP contribution >= 0.6 is 11.6 Å². The molecular formula is C15H13ClN2O2. The fourth-order valence-electron chi connectivity index (χ4n) is 2.43. The molecule has 0 radical (unpaired) electrons. The maximum absolute atomic E-state index is 12.5. The number of hydrogen-bond donors (Lipinski definition) is 1. The summed E-state index contributed by atoms with van der Waals surface area (Å²) in [7, 11) is 0. The second kappa shape index (κ2) is 5.23. The maximum atomic E-state index is 12.5. The van der Waals surface area contributed by atoms with E-state index in [1.165, 1.54) is 0 Å². The summed E-state index contributed by atoms with van der Waals surface area (Å²) in [5.74, 6) is -0.0946. The first-order valence-electron chi connectivity index (χ1n) is 6.36. The minimum atomic E-state index is -0.579. The van der Waals surface area contributed by atoms with E-state index in [9.17, 15) is 9.90 Å². The highest BCUT2D eigenvalue weighted by Gasteiger charge is 2.28. The number of hydrogen-bond acceptors (Lipinski definition) is 3. The molecule has 1 aromatic carbocycles. The van der Waals surface area contributed by atoms with Gasteiger partial charge < -0.3 is 10.0 Å². The van der Waals surface area contributed by atoms with E-state index in [2.05, 4.69) is 4.98 Å². The largest absolute Gasteiger partial charge is 0.388 e. The minimum Gasteiger partial charge on any atom is -0.388 e.